The fourth-order valence-corrected chi connectivity index (χ4v) is 1.79. The van der Waals surface area contributed by atoms with E-state index in [0.29, 0.717) is 5.02 Å². The average molecular weight is 236 g/mol. The first-order chi connectivity index (χ1) is 7.61. The number of rotatable bonds is 2. The molecule has 0 saturated carbocycles. The lowest BCUT2D eigenvalue weighted by Gasteiger charge is -2.10. The van der Waals surface area contributed by atoms with Gasteiger partial charge in [0.2, 0.25) is 0 Å². The lowest BCUT2D eigenvalue weighted by molar-refractivity contribution is 0.0688. The smallest absolute Gasteiger partial charge is 0.352 e. The zero-order valence-electron chi connectivity index (χ0n) is 8.64. The van der Waals surface area contributed by atoms with Crippen molar-refractivity contribution in [3.63, 3.8) is 0 Å². The maximum Gasteiger partial charge on any atom is 0.352 e. The molecular formula is C12H10ClNO2. The Balaban J connectivity index is 2.63. The Hall–Kier alpha value is -1.74. The van der Waals surface area contributed by atoms with E-state index in [2.05, 4.69) is 0 Å². The molecule has 0 unspecified atom stereocenters. The first-order valence-corrected chi connectivity index (χ1v) is 5.15. The Morgan fingerprint density at radius 2 is 2.06 bits per heavy atom. The highest BCUT2D eigenvalue weighted by Gasteiger charge is 2.12. The number of nitrogens with zero attached hydrogens (tertiary/aromatic N) is 1. The summed E-state index contributed by atoms with van der Waals surface area (Å²) in [6, 6.07) is 8.68. The van der Waals surface area contributed by atoms with Crippen LogP contribution in [0, 0.1) is 6.92 Å². The maximum absolute atomic E-state index is 11.0. The molecule has 3 nitrogen and oxygen atoms in total. The van der Waals surface area contributed by atoms with E-state index in [0.717, 1.165) is 11.3 Å². The molecule has 0 radical (unpaired) electrons. The van der Waals surface area contributed by atoms with E-state index < -0.39 is 5.97 Å². The number of carboxylic acid groups (broad SMARTS) is 1. The number of carbonyl (C=O) groups is 1. The lowest BCUT2D eigenvalue weighted by atomic mass is 10.2. The van der Waals surface area contributed by atoms with E-state index >= 15 is 0 Å². The molecule has 1 heterocycles. The van der Waals surface area contributed by atoms with Crippen molar-refractivity contribution in [1.82, 2.24) is 4.57 Å². The third-order valence-corrected chi connectivity index (χ3v) is 2.88. The van der Waals surface area contributed by atoms with E-state index in [4.69, 9.17) is 16.7 Å². The van der Waals surface area contributed by atoms with Crippen molar-refractivity contribution >= 4 is 17.6 Å². The highest BCUT2D eigenvalue weighted by atomic mass is 35.5. The molecule has 16 heavy (non-hydrogen) atoms. The van der Waals surface area contributed by atoms with Gasteiger partial charge in [-0.25, -0.2) is 4.79 Å². The fourth-order valence-electron chi connectivity index (χ4n) is 1.62. The van der Waals surface area contributed by atoms with Gasteiger partial charge in [0.1, 0.15) is 5.69 Å². The van der Waals surface area contributed by atoms with Gasteiger partial charge >= 0.3 is 5.97 Å². The van der Waals surface area contributed by atoms with Gasteiger partial charge in [0.25, 0.3) is 0 Å². The van der Waals surface area contributed by atoms with Crippen molar-refractivity contribution in [2.45, 2.75) is 6.92 Å². The largest absolute Gasteiger partial charge is 0.477 e. The molecule has 1 aromatic heterocycles. The maximum atomic E-state index is 11.0. The quantitative estimate of drug-likeness (QED) is 0.869. The number of halogens is 1. The first kappa shape index (κ1) is 10.8. The van der Waals surface area contributed by atoms with Gasteiger partial charge < -0.3 is 9.67 Å². The molecule has 2 rings (SSSR count). The van der Waals surface area contributed by atoms with Crippen molar-refractivity contribution in [2.75, 3.05) is 0 Å². The topological polar surface area (TPSA) is 42.2 Å². The van der Waals surface area contributed by atoms with Crippen LogP contribution in [-0.4, -0.2) is 15.6 Å². The van der Waals surface area contributed by atoms with Crippen LogP contribution in [0.2, 0.25) is 5.02 Å². The number of hydrogen-bond acceptors (Lipinski definition) is 1. The number of aromatic carboxylic acids is 1. The Bertz CT molecular complexity index is 546. The van der Waals surface area contributed by atoms with Crippen LogP contribution in [0.4, 0.5) is 0 Å². The molecule has 0 amide bonds. The Morgan fingerprint density at radius 3 is 2.75 bits per heavy atom. The predicted octanol–water partition coefficient (Wildman–Crippen LogP) is 3.14. The van der Waals surface area contributed by atoms with Gasteiger partial charge in [-0.2, -0.15) is 0 Å². The van der Waals surface area contributed by atoms with Gasteiger partial charge in [-0.05, 0) is 36.8 Å². The highest BCUT2D eigenvalue weighted by molar-refractivity contribution is 6.31. The summed E-state index contributed by atoms with van der Waals surface area (Å²) in [6.07, 6.45) is 1.71. The van der Waals surface area contributed by atoms with Crippen molar-refractivity contribution < 1.29 is 9.90 Å². The van der Waals surface area contributed by atoms with Gasteiger partial charge in [0, 0.05) is 11.2 Å². The zero-order chi connectivity index (χ0) is 11.7. The molecule has 1 aromatic carbocycles. The third kappa shape index (κ3) is 1.70. The van der Waals surface area contributed by atoms with Gasteiger partial charge in [-0.15, -0.1) is 0 Å². The van der Waals surface area contributed by atoms with Crippen LogP contribution in [0.25, 0.3) is 5.69 Å². The van der Waals surface area contributed by atoms with Crippen LogP contribution in [0.15, 0.2) is 36.5 Å². The SMILES string of the molecule is Cc1c(Cl)cccc1-n1cccc1C(=O)O. The van der Waals surface area contributed by atoms with E-state index in [1.807, 2.05) is 13.0 Å². The van der Waals surface area contributed by atoms with Crippen molar-refractivity contribution in [3.8, 4) is 5.69 Å². The normalized spacial score (nSPS) is 10.4. The fraction of sp³-hybridized carbons (Fsp3) is 0.0833. The second-order valence-electron chi connectivity index (χ2n) is 3.45. The molecule has 0 saturated heterocycles. The van der Waals surface area contributed by atoms with Crippen LogP contribution in [0.3, 0.4) is 0 Å². The Morgan fingerprint density at radius 1 is 1.31 bits per heavy atom. The zero-order valence-corrected chi connectivity index (χ0v) is 9.40. The Labute approximate surface area is 97.9 Å². The summed E-state index contributed by atoms with van der Waals surface area (Å²) in [5.74, 6) is -0.954. The van der Waals surface area contributed by atoms with Crippen molar-refractivity contribution in [3.05, 3.63) is 52.8 Å². The second-order valence-corrected chi connectivity index (χ2v) is 3.86. The first-order valence-electron chi connectivity index (χ1n) is 4.77. The number of carboxylic acids is 1. The van der Waals surface area contributed by atoms with Crippen molar-refractivity contribution in [2.24, 2.45) is 0 Å². The minimum Gasteiger partial charge on any atom is -0.477 e. The summed E-state index contributed by atoms with van der Waals surface area (Å²) in [5, 5.41) is 9.65. The third-order valence-electron chi connectivity index (χ3n) is 2.47. The number of benzene rings is 1. The van der Waals surface area contributed by atoms with Crippen LogP contribution in [-0.2, 0) is 0 Å². The van der Waals surface area contributed by atoms with Gasteiger partial charge in [0.05, 0.1) is 5.69 Å². The summed E-state index contributed by atoms with van der Waals surface area (Å²) in [7, 11) is 0. The standard InChI is InChI=1S/C12H10ClNO2/c1-8-9(13)4-2-5-10(8)14-7-3-6-11(14)12(15)16/h2-7H,1H3,(H,15,16). The summed E-state index contributed by atoms with van der Waals surface area (Å²) in [5.41, 5.74) is 1.88. The molecule has 0 aliphatic rings. The molecule has 82 valence electrons. The van der Waals surface area contributed by atoms with Crippen molar-refractivity contribution in [1.29, 1.82) is 0 Å². The lowest BCUT2D eigenvalue weighted by Crippen LogP contribution is -2.06. The molecule has 1 N–H and O–H groups in total. The van der Waals surface area contributed by atoms with E-state index in [9.17, 15) is 4.79 Å². The summed E-state index contributed by atoms with van der Waals surface area (Å²) >= 11 is 6.00. The molecule has 4 heteroatoms. The van der Waals surface area contributed by atoms with Crippen LogP contribution >= 0.6 is 11.6 Å². The van der Waals surface area contributed by atoms with E-state index in [-0.39, 0.29) is 5.69 Å². The molecule has 0 fully saturated rings. The number of hydrogen-bond donors (Lipinski definition) is 1. The minimum atomic E-state index is -0.954. The molecule has 0 aliphatic carbocycles. The van der Waals surface area contributed by atoms with E-state index in [1.54, 1.807) is 35.0 Å². The molecule has 0 bridgehead atoms. The molecule has 0 atom stereocenters. The summed E-state index contributed by atoms with van der Waals surface area (Å²) in [6.45, 7) is 1.86. The molecule has 2 aromatic rings. The minimum absolute atomic E-state index is 0.227. The molecule has 0 spiro atoms. The van der Waals surface area contributed by atoms with Gasteiger partial charge in [-0.3, -0.25) is 0 Å². The highest BCUT2D eigenvalue weighted by Crippen LogP contribution is 2.23. The molecular weight excluding hydrogens is 226 g/mol. The number of aromatic nitrogens is 1. The monoisotopic (exact) mass is 235 g/mol. The molecule has 0 aliphatic heterocycles. The summed E-state index contributed by atoms with van der Waals surface area (Å²) < 4.78 is 1.61. The summed E-state index contributed by atoms with van der Waals surface area (Å²) in [4.78, 5) is 11.0. The second kappa shape index (κ2) is 4.02. The average Bonchev–Trinajstić information content (AvgIpc) is 2.70. The van der Waals surface area contributed by atoms with Crippen LogP contribution in [0.5, 0.6) is 0 Å². The Kier molecular flexibility index (Phi) is 2.71. The van der Waals surface area contributed by atoms with Crippen LogP contribution < -0.4 is 0 Å². The van der Waals surface area contributed by atoms with Crippen LogP contribution in [0.1, 0.15) is 16.1 Å². The van der Waals surface area contributed by atoms with E-state index in [1.165, 1.54) is 0 Å². The van der Waals surface area contributed by atoms with Gasteiger partial charge in [-0.1, -0.05) is 17.7 Å². The van der Waals surface area contributed by atoms with Gasteiger partial charge in [0.15, 0.2) is 0 Å². The predicted molar refractivity (Wildman–Crippen MR) is 62.5 cm³/mol.